The van der Waals surface area contributed by atoms with E-state index in [1.807, 2.05) is 63.2 Å². The van der Waals surface area contributed by atoms with Crippen molar-refractivity contribution in [3.05, 3.63) is 71.3 Å². The third-order valence-corrected chi connectivity index (χ3v) is 5.14. The molecule has 1 N–H and O–H groups in total. The monoisotopic (exact) mass is 424 g/mol. The zero-order chi connectivity index (χ0) is 22.3. The second-order valence-corrected chi connectivity index (χ2v) is 8.88. The van der Waals surface area contributed by atoms with Crippen molar-refractivity contribution in [3.8, 4) is 0 Å². The zero-order valence-corrected chi connectivity index (χ0v) is 18.6. The van der Waals surface area contributed by atoms with Gasteiger partial charge in [0.15, 0.2) is 0 Å². The van der Waals surface area contributed by atoms with Gasteiger partial charge in [-0.1, -0.05) is 42.5 Å². The van der Waals surface area contributed by atoms with Crippen LogP contribution in [-0.4, -0.2) is 41.7 Å². The molecule has 0 aromatic heterocycles. The van der Waals surface area contributed by atoms with E-state index in [-0.39, 0.29) is 18.7 Å². The molecule has 1 fully saturated rings. The van der Waals surface area contributed by atoms with E-state index >= 15 is 0 Å². The third-order valence-electron chi connectivity index (χ3n) is 5.14. The molecule has 6 nitrogen and oxygen atoms in total. The molecule has 0 saturated carbocycles. The van der Waals surface area contributed by atoms with Crippen molar-refractivity contribution < 1.29 is 19.1 Å². The van der Waals surface area contributed by atoms with Crippen LogP contribution in [0, 0.1) is 0 Å². The van der Waals surface area contributed by atoms with E-state index in [0.29, 0.717) is 24.7 Å². The molecule has 0 spiro atoms. The first-order valence-corrected chi connectivity index (χ1v) is 10.8. The first-order chi connectivity index (χ1) is 14.8. The van der Waals surface area contributed by atoms with Crippen LogP contribution in [0.2, 0.25) is 0 Å². The first-order valence-electron chi connectivity index (χ1n) is 10.8. The summed E-state index contributed by atoms with van der Waals surface area (Å²) in [6.07, 6.45) is 1.55. The average Bonchev–Trinajstić information content (AvgIpc) is 2.76. The Morgan fingerprint density at radius 2 is 1.61 bits per heavy atom. The molecule has 166 valence electrons. The standard InChI is InChI=1S/C25H32N2O4/c1-25(2,3)31-24(29)27-15-13-22(14-16-27)26-17-19-9-11-21(12-10-19)23(28)30-18-20-7-5-4-6-8-20/h4-12,22,26H,13-18H2,1-3H3. The van der Waals surface area contributed by atoms with Crippen LogP contribution in [0.4, 0.5) is 4.79 Å². The maximum absolute atomic E-state index is 12.2. The van der Waals surface area contributed by atoms with Gasteiger partial charge in [0.05, 0.1) is 5.56 Å². The topological polar surface area (TPSA) is 67.9 Å². The summed E-state index contributed by atoms with van der Waals surface area (Å²) in [4.78, 5) is 26.2. The quantitative estimate of drug-likeness (QED) is 0.690. The largest absolute Gasteiger partial charge is 0.457 e. The van der Waals surface area contributed by atoms with Crippen molar-refractivity contribution in [1.29, 1.82) is 0 Å². The normalized spacial score (nSPS) is 14.9. The molecule has 2 aromatic carbocycles. The zero-order valence-electron chi connectivity index (χ0n) is 18.6. The molecule has 2 aromatic rings. The fraction of sp³-hybridized carbons (Fsp3) is 0.440. The highest BCUT2D eigenvalue weighted by atomic mass is 16.6. The average molecular weight is 425 g/mol. The molecule has 0 unspecified atom stereocenters. The molecule has 0 bridgehead atoms. The second-order valence-electron chi connectivity index (χ2n) is 8.88. The lowest BCUT2D eigenvalue weighted by Gasteiger charge is -2.33. The van der Waals surface area contributed by atoms with Crippen LogP contribution in [0.3, 0.4) is 0 Å². The molecule has 1 aliphatic rings. The molecule has 1 saturated heterocycles. The summed E-state index contributed by atoms with van der Waals surface area (Å²) in [7, 11) is 0. The number of nitrogens with one attached hydrogen (secondary N) is 1. The summed E-state index contributed by atoms with van der Waals surface area (Å²) in [5, 5.41) is 3.55. The molecule has 1 heterocycles. The van der Waals surface area contributed by atoms with Crippen molar-refractivity contribution in [1.82, 2.24) is 10.2 Å². The maximum Gasteiger partial charge on any atom is 0.410 e. The number of carbonyl (C=O) groups excluding carboxylic acids is 2. The predicted octanol–water partition coefficient (Wildman–Crippen LogP) is 4.53. The lowest BCUT2D eigenvalue weighted by atomic mass is 10.0. The van der Waals surface area contributed by atoms with Gasteiger partial charge in [0.25, 0.3) is 0 Å². The van der Waals surface area contributed by atoms with E-state index in [2.05, 4.69) is 5.32 Å². The van der Waals surface area contributed by atoms with Crippen LogP contribution < -0.4 is 5.32 Å². The van der Waals surface area contributed by atoms with Gasteiger partial charge in [-0.15, -0.1) is 0 Å². The van der Waals surface area contributed by atoms with Crippen molar-refractivity contribution in [2.24, 2.45) is 0 Å². The number of amides is 1. The number of benzene rings is 2. The van der Waals surface area contributed by atoms with Gasteiger partial charge in [-0.2, -0.15) is 0 Å². The molecular formula is C25H32N2O4. The van der Waals surface area contributed by atoms with Gasteiger partial charge in [0, 0.05) is 25.7 Å². The number of piperidine rings is 1. The number of hydrogen-bond acceptors (Lipinski definition) is 5. The highest BCUT2D eigenvalue weighted by molar-refractivity contribution is 5.89. The molecule has 0 atom stereocenters. The van der Waals surface area contributed by atoms with Crippen molar-refractivity contribution in [3.63, 3.8) is 0 Å². The van der Waals surface area contributed by atoms with Crippen LogP contribution in [0.15, 0.2) is 54.6 Å². The van der Waals surface area contributed by atoms with Crippen LogP contribution in [-0.2, 0) is 22.6 Å². The van der Waals surface area contributed by atoms with Gasteiger partial charge < -0.3 is 19.7 Å². The summed E-state index contributed by atoms with van der Waals surface area (Å²) in [5.74, 6) is -0.321. The number of esters is 1. The number of nitrogens with zero attached hydrogens (tertiary/aromatic N) is 1. The molecule has 6 heteroatoms. The molecule has 0 aliphatic carbocycles. The van der Waals surface area contributed by atoms with E-state index in [1.165, 1.54) is 0 Å². The molecule has 0 radical (unpaired) electrons. The first kappa shape index (κ1) is 22.8. The van der Waals surface area contributed by atoms with Crippen LogP contribution in [0.1, 0.15) is 55.1 Å². The van der Waals surface area contributed by atoms with Crippen LogP contribution in [0.5, 0.6) is 0 Å². The summed E-state index contributed by atoms with van der Waals surface area (Å²) in [5.41, 5.74) is 2.15. The number of hydrogen-bond donors (Lipinski definition) is 1. The Balaban J connectivity index is 1.39. The van der Waals surface area contributed by atoms with E-state index in [1.54, 1.807) is 17.0 Å². The number of carbonyl (C=O) groups is 2. The van der Waals surface area contributed by atoms with Crippen LogP contribution in [0.25, 0.3) is 0 Å². The minimum Gasteiger partial charge on any atom is -0.457 e. The van der Waals surface area contributed by atoms with Crippen molar-refractivity contribution in [2.45, 2.75) is 58.4 Å². The van der Waals surface area contributed by atoms with E-state index < -0.39 is 5.60 Å². The number of rotatable bonds is 6. The SMILES string of the molecule is CC(C)(C)OC(=O)N1CCC(NCc2ccc(C(=O)OCc3ccccc3)cc2)CC1. The molecule has 1 amide bonds. The van der Waals surface area contributed by atoms with Gasteiger partial charge in [-0.3, -0.25) is 0 Å². The Hall–Kier alpha value is -2.86. The van der Waals surface area contributed by atoms with Gasteiger partial charge in [-0.25, -0.2) is 9.59 Å². The summed E-state index contributed by atoms with van der Waals surface area (Å²) >= 11 is 0. The maximum atomic E-state index is 12.2. The van der Waals surface area contributed by atoms with Gasteiger partial charge >= 0.3 is 12.1 Å². The van der Waals surface area contributed by atoms with Crippen LogP contribution >= 0.6 is 0 Å². The Morgan fingerprint density at radius 3 is 2.23 bits per heavy atom. The summed E-state index contributed by atoms with van der Waals surface area (Å²) in [6.45, 7) is 8.02. The Kier molecular flexibility index (Phi) is 7.69. The minimum atomic E-state index is -0.466. The Morgan fingerprint density at radius 1 is 0.968 bits per heavy atom. The number of ether oxygens (including phenoxy) is 2. The smallest absolute Gasteiger partial charge is 0.410 e. The fourth-order valence-corrected chi connectivity index (χ4v) is 3.42. The lowest BCUT2D eigenvalue weighted by molar-refractivity contribution is 0.0197. The predicted molar refractivity (Wildman–Crippen MR) is 120 cm³/mol. The highest BCUT2D eigenvalue weighted by Crippen LogP contribution is 2.16. The van der Waals surface area contributed by atoms with Gasteiger partial charge in [-0.05, 0) is 56.9 Å². The molecule has 31 heavy (non-hydrogen) atoms. The van der Waals surface area contributed by atoms with E-state index in [0.717, 1.165) is 30.5 Å². The Bertz CT molecular complexity index is 851. The lowest BCUT2D eigenvalue weighted by Crippen LogP contribution is -2.46. The van der Waals surface area contributed by atoms with E-state index in [9.17, 15) is 9.59 Å². The molecular weight excluding hydrogens is 392 g/mol. The summed E-state index contributed by atoms with van der Waals surface area (Å²) in [6, 6.07) is 17.5. The van der Waals surface area contributed by atoms with Crippen molar-refractivity contribution >= 4 is 12.1 Å². The second kappa shape index (κ2) is 10.4. The van der Waals surface area contributed by atoms with Crippen molar-refractivity contribution in [2.75, 3.05) is 13.1 Å². The molecule has 1 aliphatic heterocycles. The third kappa shape index (κ3) is 7.40. The molecule has 3 rings (SSSR count). The van der Waals surface area contributed by atoms with Gasteiger partial charge in [0.2, 0.25) is 0 Å². The Labute approximate surface area is 184 Å². The highest BCUT2D eigenvalue weighted by Gasteiger charge is 2.26. The summed E-state index contributed by atoms with van der Waals surface area (Å²) < 4.78 is 10.8. The number of likely N-dealkylation sites (tertiary alicyclic amines) is 1. The van der Waals surface area contributed by atoms with E-state index in [4.69, 9.17) is 9.47 Å². The van der Waals surface area contributed by atoms with Gasteiger partial charge in [0.1, 0.15) is 12.2 Å². The fourth-order valence-electron chi connectivity index (χ4n) is 3.42. The minimum absolute atomic E-state index is 0.235.